The third kappa shape index (κ3) is 2.43. The molecule has 2 N–H and O–H groups in total. The zero-order chi connectivity index (χ0) is 11.5. The van der Waals surface area contributed by atoms with Crippen LogP contribution in [0.1, 0.15) is 10.4 Å². The highest BCUT2D eigenvalue weighted by Gasteiger charge is 2.11. The third-order valence-corrected chi connectivity index (χ3v) is 2.71. The molecule has 1 aromatic carbocycles. The number of amides is 1. The Balaban J connectivity index is 2.21. The summed E-state index contributed by atoms with van der Waals surface area (Å²) in [6.45, 7) is 0. The van der Waals surface area contributed by atoms with Crippen LogP contribution >= 0.6 is 27.5 Å². The molecule has 1 amide bonds. The normalized spacial score (nSPS) is 10.1. The minimum atomic E-state index is -0.299. The van der Waals surface area contributed by atoms with Crippen LogP contribution in [0.3, 0.4) is 0 Å². The van der Waals surface area contributed by atoms with Crippen LogP contribution in [-0.2, 0) is 0 Å². The number of benzene rings is 1. The molecule has 0 bridgehead atoms. The number of hydrogen-bond donors (Lipinski definition) is 2. The number of H-pyrrole nitrogens is 1. The Bertz CT molecular complexity index is 513. The van der Waals surface area contributed by atoms with Crippen molar-refractivity contribution in [2.45, 2.75) is 0 Å². The molecule has 2 aromatic rings. The van der Waals surface area contributed by atoms with Crippen molar-refractivity contribution in [1.29, 1.82) is 0 Å². The highest BCUT2D eigenvalue weighted by molar-refractivity contribution is 9.10. The summed E-state index contributed by atoms with van der Waals surface area (Å²) in [5.74, 6) is 0.0939. The number of nitrogens with one attached hydrogen (secondary N) is 2. The zero-order valence-corrected chi connectivity index (χ0v) is 10.3. The van der Waals surface area contributed by atoms with Crippen molar-refractivity contribution >= 4 is 39.4 Å². The second-order valence-corrected chi connectivity index (χ2v) is 4.34. The van der Waals surface area contributed by atoms with E-state index < -0.39 is 0 Å². The topological polar surface area (TPSA) is 57.8 Å². The summed E-state index contributed by atoms with van der Waals surface area (Å²) < 4.78 is 0.826. The number of carbonyl (C=O) groups is 1. The minimum Gasteiger partial charge on any atom is -0.331 e. The zero-order valence-electron chi connectivity index (χ0n) is 8.00. The summed E-state index contributed by atoms with van der Waals surface area (Å²) in [5, 5.41) is 2.98. The van der Waals surface area contributed by atoms with Crippen molar-refractivity contribution in [1.82, 2.24) is 9.97 Å². The molecule has 0 saturated carbocycles. The van der Waals surface area contributed by atoms with E-state index in [0.29, 0.717) is 16.5 Å². The number of anilines is 1. The predicted molar refractivity (Wildman–Crippen MR) is 65.7 cm³/mol. The number of imidazole rings is 1. The lowest BCUT2D eigenvalue weighted by Crippen LogP contribution is -2.13. The van der Waals surface area contributed by atoms with Crippen molar-refractivity contribution in [2.24, 2.45) is 0 Å². The second-order valence-electron chi connectivity index (χ2n) is 3.02. The van der Waals surface area contributed by atoms with E-state index in [1.165, 1.54) is 0 Å². The van der Waals surface area contributed by atoms with Gasteiger partial charge in [0.05, 0.1) is 10.6 Å². The van der Waals surface area contributed by atoms with Crippen molar-refractivity contribution in [3.63, 3.8) is 0 Å². The van der Waals surface area contributed by atoms with E-state index in [4.69, 9.17) is 11.6 Å². The Morgan fingerprint density at radius 1 is 1.50 bits per heavy atom. The molecule has 0 saturated heterocycles. The molecule has 0 atom stereocenters. The number of nitrogens with zero attached hydrogens (tertiary/aromatic N) is 1. The Morgan fingerprint density at radius 3 is 2.94 bits per heavy atom. The fraction of sp³-hybridized carbons (Fsp3) is 0. The molecule has 0 radical (unpaired) electrons. The van der Waals surface area contributed by atoms with E-state index in [0.717, 1.165) is 4.47 Å². The molecule has 0 spiro atoms. The van der Waals surface area contributed by atoms with Gasteiger partial charge in [-0.05, 0) is 18.2 Å². The Morgan fingerprint density at radius 2 is 2.31 bits per heavy atom. The van der Waals surface area contributed by atoms with Crippen LogP contribution in [-0.4, -0.2) is 15.9 Å². The molecule has 1 aromatic heterocycles. The van der Waals surface area contributed by atoms with E-state index in [1.807, 2.05) is 0 Å². The smallest absolute Gasteiger partial charge is 0.259 e. The molecule has 2 rings (SSSR count). The minimum absolute atomic E-state index is 0.299. The van der Waals surface area contributed by atoms with Crippen molar-refractivity contribution in [2.75, 3.05) is 5.32 Å². The standard InChI is InChI=1S/C10H7BrClN3O/c11-6-1-2-7(8(12)5-6)9(16)15-10-13-3-4-14-10/h1-5H,(H2,13,14,15,16). The molecule has 0 aliphatic heterocycles. The van der Waals surface area contributed by atoms with Crippen LogP contribution in [0, 0.1) is 0 Å². The van der Waals surface area contributed by atoms with E-state index in [9.17, 15) is 4.79 Å². The number of hydrogen-bond acceptors (Lipinski definition) is 2. The molecule has 1 heterocycles. The van der Waals surface area contributed by atoms with Gasteiger partial charge >= 0.3 is 0 Å². The molecule has 6 heteroatoms. The molecule has 0 aliphatic carbocycles. The first-order valence-corrected chi connectivity index (χ1v) is 5.59. The predicted octanol–water partition coefficient (Wildman–Crippen LogP) is 3.08. The first-order valence-electron chi connectivity index (χ1n) is 4.42. The maximum Gasteiger partial charge on any atom is 0.259 e. The van der Waals surface area contributed by atoms with E-state index in [2.05, 4.69) is 31.2 Å². The second kappa shape index (κ2) is 4.67. The quantitative estimate of drug-likeness (QED) is 0.895. The fourth-order valence-electron chi connectivity index (χ4n) is 1.18. The van der Waals surface area contributed by atoms with E-state index in [-0.39, 0.29) is 5.91 Å². The lowest BCUT2D eigenvalue weighted by atomic mass is 10.2. The van der Waals surface area contributed by atoms with Gasteiger partial charge in [-0.15, -0.1) is 0 Å². The maximum atomic E-state index is 11.8. The van der Waals surface area contributed by atoms with Crippen LogP contribution in [0.25, 0.3) is 0 Å². The highest BCUT2D eigenvalue weighted by atomic mass is 79.9. The van der Waals surface area contributed by atoms with Crippen LogP contribution in [0.2, 0.25) is 5.02 Å². The van der Waals surface area contributed by atoms with Gasteiger partial charge in [0.2, 0.25) is 5.95 Å². The summed E-state index contributed by atoms with van der Waals surface area (Å²) in [5.41, 5.74) is 0.404. The monoisotopic (exact) mass is 299 g/mol. The first-order chi connectivity index (χ1) is 7.66. The summed E-state index contributed by atoms with van der Waals surface area (Å²) >= 11 is 9.21. The summed E-state index contributed by atoms with van der Waals surface area (Å²) in [6.07, 6.45) is 3.18. The van der Waals surface area contributed by atoms with Crippen molar-refractivity contribution in [3.8, 4) is 0 Å². The van der Waals surface area contributed by atoms with Crippen molar-refractivity contribution < 1.29 is 4.79 Å². The largest absolute Gasteiger partial charge is 0.331 e. The van der Waals surface area contributed by atoms with Crippen LogP contribution in [0.5, 0.6) is 0 Å². The van der Waals surface area contributed by atoms with Gasteiger partial charge in [-0.3, -0.25) is 10.1 Å². The molecule has 4 nitrogen and oxygen atoms in total. The number of halogens is 2. The molecular weight excluding hydrogens is 293 g/mol. The number of rotatable bonds is 2. The number of carbonyl (C=O) groups excluding carboxylic acids is 1. The van der Waals surface area contributed by atoms with Gasteiger partial charge in [-0.1, -0.05) is 27.5 Å². The molecule has 82 valence electrons. The van der Waals surface area contributed by atoms with Crippen LogP contribution < -0.4 is 5.32 Å². The molecule has 0 fully saturated rings. The first kappa shape index (κ1) is 11.2. The molecular formula is C10H7BrClN3O. The van der Waals surface area contributed by atoms with Gasteiger partial charge in [-0.2, -0.15) is 0 Å². The van der Waals surface area contributed by atoms with Gasteiger partial charge in [-0.25, -0.2) is 4.98 Å². The summed E-state index contributed by atoms with van der Waals surface area (Å²) in [7, 11) is 0. The Hall–Kier alpha value is -1.33. The lowest BCUT2D eigenvalue weighted by molar-refractivity contribution is 0.102. The fourth-order valence-corrected chi connectivity index (χ4v) is 1.94. The maximum absolute atomic E-state index is 11.8. The number of aromatic amines is 1. The summed E-state index contributed by atoms with van der Waals surface area (Å²) in [4.78, 5) is 18.4. The van der Waals surface area contributed by atoms with E-state index >= 15 is 0 Å². The average molecular weight is 301 g/mol. The lowest BCUT2D eigenvalue weighted by Gasteiger charge is -2.04. The molecule has 16 heavy (non-hydrogen) atoms. The van der Waals surface area contributed by atoms with E-state index in [1.54, 1.807) is 30.6 Å². The SMILES string of the molecule is O=C(Nc1ncc[nH]1)c1ccc(Br)cc1Cl. The van der Waals surface area contributed by atoms with Gasteiger partial charge < -0.3 is 4.98 Å². The van der Waals surface area contributed by atoms with Crippen LogP contribution in [0.4, 0.5) is 5.95 Å². The Labute approximate surface area is 105 Å². The average Bonchev–Trinajstić information content (AvgIpc) is 2.70. The summed E-state index contributed by atoms with van der Waals surface area (Å²) in [6, 6.07) is 5.06. The van der Waals surface area contributed by atoms with Crippen molar-refractivity contribution in [3.05, 3.63) is 45.7 Å². The van der Waals surface area contributed by atoms with Gasteiger partial charge in [0.1, 0.15) is 0 Å². The third-order valence-electron chi connectivity index (χ3n) is 1.91. The van der Waals surface area contributed by atoms with Gasteiger partial charge in [0.25, 0.3) is 5.91 Å². The molecule has 0 unspecified atom stereocenters. The number of aromatic nitrogens is 2. The molecule has 0 aliphatic rings. The van der Waals surface area contributed by atoms with Gasteiger partial charge in [0, 0.05) is 16.9 Å². The van der Waals surface area contributed by atoms with Gasteiger partial charge in [0.15, 0.2) is 0 Å². The van der Waals surface area contributed by atoms with Crippen LogP contribution in [0.15, 0.2) is 35.1 Å². The highest BCUT2D eigenvalue weighted by Crippen LogP contribution is 2.21. The Kier molecular flexibility index (Phi) is 3.26.